The Labute approximate surface area is 135 Å². The molecular weight excluding hydrogens is 310 g/mol. The fourth-order valence-electron chi connectivity index (χ4n) is 2.38. The Kier molecular flexibility index (Phi) is 3.13. The number of primary amides is 1. The second-order valence-corrected chi connectivity index (χ2v) is 5.99. The van der Waals surface area contributed by atoms with Gasteiger partial charge in [-0.2, -0.15) is 0 Å². The predicted octanol–water partition coefficient (Wildman–Crippen LogP) is 2.85. The number of hydrogen-bond acceptors (Lipinski definition) is 5. The number of carbonyl (C=O) groups excluding carboxylic acids is 1. The lowest BCUT2D eigenvalue weighted by atomic mass is 10.2. The van der Waals surface area contributed by atoms with Crippen molar-refractivity contribution in [2.45, 2.75) is 0 Å². The molecule has 0 fully saturated rings. The lowest BCUT2D eigenvalue weighted by molar-refractivity contribution is 0.100. The van der Waals surface area contributed by atoms with E-state index in [2.05, 4.69) is 19.9 Å². The van der Waals surface area contributed by atoms with E-state index in [-0.39, 0.29) is 0 Å². The molecule has 4 aromatic rings. The SMILES string of the molecule is NC(=O)c1cccc2[nH]c(-c3ccc(-c4cnccn4)s3)nc12. The van der Waals surface area contributed by atoms with Gasteiger partial charge in [-0.3, -0.25) is 14.8 Å². The van der Waals surface area contributed by atoms with Crippen LogP contribution in [0.25, 0.3) is 32.3 Å². The van der Waals surface area contributed by atoms with Crippen LogP contribution < -0.4 is 5.73 Å². The zero-order chi connectivity index (χ0) is 15.8. The summed E-state index contributed by atoms with van der Waals surface area (Å²) in [6.45, 7) is 0. The molecule has 0 aliphatic carbocycles. The lowest BCUT2D eigenvalue weighted by Crippen LogP contribution is -2.11. The highest BCUT2D eigenvalue weighted by molar-refractivity contribution is 7.18. The molecule has 0 aliphatic rings. The quantitative estimate of drug-likeness (QED) is 0.606. The predicted molar refractivity (Wildman–Crippen MR) is 89.0 cm³/mol. The van der Waals surface area contributed by atoms with Crippen molar-refractivity contribution in [1.29, 1.82) is 0 Å². The molecule has 0 aliphatic heterocycles. The van der Waals surface area contributed by atoms with Gasteiger partial charge in [0.2, 0.25) is 0 Å². The highest BCUT2D eigenvalue weighted by Gasteiger charge is 2.14. The number of fused-ring (bicyclic) bond motifs is 1. The second kappa shape index (κ2) is 5.29. The van der Waals surface area contributed by atoms with Crippen molar-refractivity contribution < 1.29 is 4.79 Å². The normalized spacial score (nSPS) is 11.0. The summed E-state index contributed by atoms with van der Waals surface area (Å²) in [4.78, 5) is 29.6. The number of H-pyrrole nitrogens is 1. The van der Waals surface area contributed by atoms with Crippen molar-refractivity contribution >= 4 is 28.3 Å². The summed E-state index contributed by atoms with van der Waals surface area (Å²) in [6.07, 6.45) is 5.02. The summed E-state index contributed by atoms with van der Waals surface area (Å²) in [5, 5.41) is 0. The van der Waals surface area contributed by atoms with Crippen molar-refractivity contribution in [2.75, 3.05) is 0 Å². The minimum atomic E-state index is -0.486. The molecule has 0 atom stereocenters. The molecular formula is C16H11N5OS. The van der Waals surface area contributed by atoms with E-state index in [4.69, 9.17) is 5.73 Å². The summed E-state index contributed by atoms with van der Waals surface area (Å²) in [7, 11) is 0. The lowest BCUT2D eigenvalue weighted by Gasteiger charge is -1.94. The molecule has 1 amide bonds. The van der Waals surface area contributed by atoms with Crippen molar-refractivity contribution in [2.24, 2.45) is 5.73 Å². The number of nitrogens with one attached hydrogen (secondary N) is 1. The first kappa shape index (κ1) is 13.6. The summed E-state index contributed by atoms with van der Waals surface area (Å²) in [6, 6.07) is 9.27. The fraction of sp³-hybridized carbons (Fsp3) is 0. The second-order valence-electron chi connectivity index (χ2n) is 4.91. The Morgan fingerprint density at radius 3 is 2.78 bits per heavy atom. The van der Waals surface area contributed by atoms with E-state index in [0.717, 1.165) is 21.0 Å². The number of aromatic amines is 1. The van der Waals surface area contributed by atoms with E-state index in [1.54, 1.807) is 42.1 Å². The van der Waals surface area contributed by atoms with E-state index < -0.39 is 5.91 Å². The molecule has 3 aromatic heterocycles. The number of carbonyl (C=O) groups is 1. The molecule has 0 bridgehead atoms. The summed E-state index contributed by atoms with van der Waals surface area (Å²) in [5.41, 5.74) is 8.00. The summed E-state index contributed by atoms with van der Waals surface area (Å²) >= 11 is 1.56. The Morgan fingerprint density at radius 1 is 1.13 bits per heavy atom. The third kappa shape index (κ3) is 2.36. The number of para-hydroxylation sites is 1. The first-order chi connectivity index (χ1) is 11.2. The molecule has 0 spiro atoms. The minimum absolute atomic E-state index is 0.413. The maximum Gasteiger partial charge on any atom is 0.250 e. The molecule has 1 aromatic carbocycles. The molecule has 23 heavy (non-hydrogen) atoms. The number of benzene rings is 1. The highest BCUT2D eigenvalue weighted by Crippen LogP contribution is 2.33. The first-order valence-corrected chi connectivity index (χ1v) is 7.69. The van der Waals surface area contributed by atoms with Crippen LogP contribution in [-0.4, -0.2) is 25.8 Å². The molecule has 0 saturated carbocycles. The summed E-state index contributed by atoms with van der Waals surface area (Å²) < 4.78 is 0. The topological polar surface area (TPSA) is 97.6 Å². The minimum Gasteiger partial charge on any atom is -0.366 e. The zero-order valence-electron chi connectivity index (χ0n) is 11.9. The van der Waals surface area contributed by atoms with E-state index in [9.17, 15) is 4.79 Å². The van der Waals surface area contributed by atoms with Crippen LogP contribution in [0, 0.1) is 0 Å². The number of rotatable bonds is 3. The van der Waals surface area contributed by atoms with Crippen LogP contribution in [0.1, 0.15) is 10.4 Å². The van der Waals surface area contributed by atoms with E-state index in [0.29, 0.717) is 16.9 Å². The van der Waals surface area contributed by atoms with Crippen molar-refractivity contribution in [1.82, 2.24) is 19.9 Å². The van der Waals surface area contributed by atoms with Gasteiger partial charge in [-0.15, -0.1) is 11.3 Å². The maximum atomic E-state index is 11.5. The molecule has 0 saturated heterocycles. The Balaban J connectivity index is 1.80. The van der Waals surface area contributed by atoms with Crippen LogP contribution in [0.3, 0.4) is 0 Å². The van der Waals surface area contributed by atoms with Crippen LogP contribution in [0.15, 0.2) is 48.9 Å². The van der Waals surface area contributed by atoms with Gasteiger partial charge in [0.05, 0.1) is 32.7 Å². The average Bonchev–Trinajstić information content (AvgIpc) is 3.21. The van der Waals surface area contributed by atoms with Crippen molar-refractivity contribution in [3.05, 3.63) is 54.5 Å². The van der Waals surface area contributed by atoms with Crippen LogP contribution >= 0.6 is 11.3 Å². The number of nitrogens with zero attached hydrogens (tertiary/aromatic N) is 3. The third-order valence-electron chi connectivity index (χ3n) is 3.43. The van der Waals surface area contributed by atoms with Gasteiger partial charge in [0.15, 0.2) is 0 Å². The molecule has 7 heteroatoms. The number of imidazole rings is 1. The van der Waals surface area contributed by atoms with Crippen LogP contribution in [0.2, 0.25) is 0 Å². The molecule has 3 N–H and O–H groups in total. The van der Waals surface area contributed by atoms with Crippen LogP contribution in [-0.2, 0) is 0 Å². The Morgan fingerprint density at radius 2 is 2.00 bits per heavy atom. The zero-order valence-corrected chi connectivity index (χ0v) is 12.7. The van der Waals surface area contributed by atoms with Gasteiger partial charge in [-0.25, -0.2) is 4.98 Å². The van der Waals surface area contributed by atoms with Crippen molar-refractivity contribution in [3.8, 4) is 21.3 Å². The Bertz CT molecular complexity index is 1010. The van der Waals surface area contributed by atoms with Crippen molar-refractivity contribution in [3.63, 3.8) is 0 Å². The number of hydrogen-bond donors (Lipinski definition) is 2. The molecule has 3 heterocycles. The maximum absolute atomic E-state index is 11.5. The average molecular weight is 321 g/mol. The molecule has 0 unspecified atom stereocenters. The van der Waals surface area contributed by atoms with Gasteiger partial charge < -0.3 is 10.7 Å². The molecule has 112 valence electrons. The van der Waals surface area contributed by atoms with Gasteiger partial charge in [0, 0.05) is 12.4 Å². The van der Waals surface area contributed by atoms with Gasteiger partial charge in [0.1, 0.15) is 11.3 Å². The number of nitrogens with two attached hydrogens (primary N) is 1. The van der Waals surface area contributed by atoms with E-state index in [1.807, 2.05) is 18.2 Å². The van der Waals surface area contributed by atoms with E-state index >= 15 is 0 Å². The number of thiophene rings is 1. The van der Waals surface area contributed by atoms with Gasteiger partial charge in [-0.05, 0) is 24.3 Å². The smallest absolute Gasteiger partial charge is 0.250 e. The summed E-state index contributed by atoms with van der Waals surface area (Å²) in [5.74, 6) is 0.217. The van der Waals surface area contributed by atoms with Gasteiger partial charge >= 0.3 is 0 Å². The number of amides is 1. The highest BCUT2D eigenvalue weighted by atomic mass is 32.1. The van der Waals surface area contributed by atoms with Gasteiger partial charge in [-0.1, -0.05) is 6.07 Å². The number of aromatic nitrogens is 4. The molecule has 4 rings (SSSR count). The third-order valence-corrected chi connectivity index (χ3v) is 4.55. The molecule has 6 nitrogen and oxygen atoms in total. The monoisotopic (exact) mass is 321 g/mol. The standard InChI is InChI=1S/C16H11N5OS/c17-15(22)9-2-1-3-10-14(9)21-16(20-10)13-5-4-12(23-13)11-8-18-6-7-19-11/h1-8H,(H2,17,22)(H,20,21). The van der Waals surface area contributed by atoms with Crippen LogP contribution in [0.5, 0.6) is 0 Å². The Hall–Kier alpha value is -3.06. The fourth-order valence-corrected chi connectivity index (χ4v) is 3.29. The van der Waals surface area contributed by atoms with Gasteiger partial charge in [0.25, 0.3) is 5.91 Å². The molecule has 0 radical (unpaired) electrons. The van der Waals surface area contributed by atoms with E-state index in [1.165, 1.54) is 0 Å². The van der Waals surface area contributed by atoms with Crippen LogP contribution in [0.4, 0.5) is 0 Å². The first-order valence-electron chi connectivity index (χ1n) is 6.87. The largest absolute Gasteiger partial charge is 0.366 e.